The maximum atomic E-state index is 4.66. The van der Waals surface area contributed by atoms with E-state index in [4.69, 9.17) is 0 Å². The number of benzene rings is 1. The van der Waals surface area contributed by atoms with Crippen molar-refractivity contribution < 1.29 is 0 Å². The van der Waals surface area contributed by atoms with Crippen molar-refractivity contribution in [2.24, 2.45) is 5.92 Å². The lowest BCUT2D eigenvalue weighted by Gasteiger charge is -2.27. The number of aryl methyl sites for hydroxylation is 2. The third-order valence-electron chi connectivity index (χ3n) is 5.57. The van der Waals surface area contributed by atoms with Gasteiger partial charge in [-0.2, -0.15) is 5.10 Å². The Balaban J connectivity index is 1.49. The lowest BCUT2D eigenvalue weighted by molar-refractivity contribution is 0.236. The summed E-state index contributed by atoms with van der Waals surface area (Å²) in [5.41, 5.74) is 8.81. The molecule has 5 nitrogen and oxygen atoms in total. The van der Waals surface area contributed by atoms with Gasteiger partial charge in [0.05, 0.1) is 17.1 Å². The van der Waals surface area contributed by atoms with Crippen molar-refractivity contribution in [2.45, 2.75) is 53.2 Å². The normalized spacial score (nSPS) is 17.3. The van der Waals surface area contributed by atoms with Crippen molar-refractivity contribution in [1.82, 2.24) is 15.1 Å². The molecule has 4 rings (SSSR count). The first-order valence-electron chi connectivity index (χ1n) is 9.44. The van der Waals surface area contributed by atoms with E-state index in [1.165, 1.54) is 46.7 Å². The second-order valence-corrected chi connectivity index (χ2v) is 7.98. The van der Waals surface area contributed by atoms with E-state index in [1.54, 1.807) is 0 Å². The highest BCUT2D eigenvalue weighted by Crippen LogP contribution is 2.38. The van der Waals surface area contributed by atoms with Crippen LogP contribution in [0.25, 0.3) is 0 Å². The molecule has 2 aliphatic rings. The molecule has 3 heterocycles. The molecule has 5 heteroatoms. The van der Waals surface area contributed by atoms with Crippen LogP contribution in [-0.2, 0) is 13.0 Å². The van der Waals surface area contributed by atoms with Crippen molar-refractivity contribution in [2.75, 3.05) is 23.7 Å². The molecule has 0 radical (unpaired) electrons. The quantitative estimate of drug-likeness (QED) is 0.789. The summed E-state index contributed by atoms with van der Waals surface area (Å²) in [6.07, 6.45) is 2.40. The highest BCUT2D eigenvalue weighted by molar-refractivity contribution is 5.76. The molecule has 1 aromatic heterocycles. The smallest absolute Gasteiger partial charge is 0.143 e. The molecule has 0 saturated heterocycles. The van der Waals surface area contributed by atoms with Gasteiger partial charge in [0.2, 0.25) is 0 Å². The first-order chi connectivity index (χ1) is 12.0. The van der Waals surface area contributed by atoms with Crippen LogP contribution in [-0.4, -0.2) is 28.2 Å². The standard InChI is InChI=1S/C20H29N5/c1-12(2)5-7-25-8-6-15-18(11-25)23-24-19(15)20-21-16-9-13(3)14(4)10-17(16)22-20/h9-10,12,20-22H,5-8,11H2,1-4H3,(H,23,24). The molecule has 134 valence electrons. The molecule has 2 aliphatic heterocycles. The number of fused-ring (bicyclic) bond motifs is 2. The minimum absolute atomic E-state index is 0.0680. The molecule has 0 spiro atoms. The van der Waals surface area contributed by atoms with Gasteiger partial charge in [-0.3, -0.25) is 10.00 Å². The molecule has 25 heavy (non-hydrogen) atoms. The number of anilines is 2. The zero-order chi connectivity index (χ0) is 17.6. The number of nitrogens with zero attached hydrogens (tertiary/aromatic N) is 2. The number of hydrogen-bond donors (Lipinski definition) is 3. The van der Waals surface area contributed by atoms with E-state index in [1.807, 2.05) is 0 Å². The van der Waals surface area contributed by atoms with Crippen LogP contribution in [0.5, 0.6) is 0 Å². The number of nitrogens with one attached hydrogen (secondary N) is 3. The van der Waals surface area contributed by atoms with Crippen LogP contribution in [0.4, 0.5) is 11.4 Å². The minimum Gasteiger partial charge on any atom is -0.359 e. The average Bonchev–Trinajstić information content (AvgIpc) is 3.16. The maximum absolute atomic E-state index is 4.66. The number of rotatable bonds is 4. The maximum Gasteiger partial charge on any atom is 0.143 e. The summed E-state index contributed by atoms with van der Waals surface area (Å²) in [6.45, 7) is 12.2. The van der Waals surface area contributed by atoms with E-state index in [0.717, 1.165) is 31.1 Å². The SMILES string of the molecule is Cc1cc2c(cc1C)NC(c1n[nH]c3c1CCN(CCC(C)C)C3)N2. The summed E-state index contributed by atoms with van der Waals surface area (Å²) in [6, 6.07) is 4.45. The van der Waals surface area contributed by atoms with Crippen LogP contribution >= 0.6 is 0 Å². The van der Waals surface area contributed by atoms with Gasteiger partial charge in [0.15, 0.2) is 0 Å². The van der Waals surface area contributed by atoms with E-state index < -0.39 is 0 Å². The molecule has 0 bridgehead atoms. The number of aromatic nitrogens is 2. The zero-order valence-corrected chi connectivity index (χ0v) is 15.7. The van der Waals surface area contributed by atoms with Gasteiger partial charge in [0, 0.05) is 18.7 Å². The molecular formula is C20H29N5. The van der Waals surface area contributed by atoms with Gasteiger partial charge in [-0.25, -0.2) is 0 Å². The summed E-state index contributed by atoms with van der Waals surface area (Å²) >= 11 is 0. The molecule has 2 aromatic rings. The second-order valence-electron chi connectivity index (χ2n) is 7.98. The van der Waals surface area contributed by atoms with Gasteiger partial charge < -0.3 is 10.6 Å². The summed E-state index contributed by atoms with van der Waals surface area (Å²) in [4.78, 5) is 2.54. The van der Waals surface area contributed by atoms with Crippen LogP contribution < -0.4 is 10.6 Å². The van der Waals surface area contributed by atoms with E-state index in [2.05, 4.69) is 65.6 Å². The molecular weight excluding hydrogens is 310 g/mol. The predicted molar refractivity (Wildman–Crippen MR) is 103 cm³/mol. The van der Waals surface area contributed by atoms with Crippen LogP contribution in [0.3, 0.4) is 0 Å². The average molecular weight is 339 g/mol. The van der Waals surface area contributed by atoms with Gasteiger partial charge in [-0.1, -0.05) is 13.8 Å². The third-order valence-corrected chi connectivity index (χ3v) is 5.57. The largest absolute Gasteiger partial charge is 0.359 e. The van der Waals surface area contributed by atoms with Gasteiger partial charge >= 0.3 is 0 Å². The minimum atomic E-state index is 0.0680. The predicted octanol–water partition coefficient (Wildman–Crippen LogP) is 3.97. The molecule has 0 amide bonds. The second kappa shape index (κ2) is 6.37. The van der Waals surface area contributed by atoms with Gasteiger partial charge in [0.1, 0.15) is 11.9 Å². The number of H-pyrrole nitrogens is 1. The van der Waals surface area contributed by atoms with Crippen molar-refractivity contribution >= 4 is 11.4 Å². The number of aromatic amines is 1. The fourth-order valence-electron chi connectivity index (χ4n) is 3.81. The lowest BCUT2D eigenvalue weighted by Crippen LogP contribution is -2.32. The molecule has 1 aromatic carbocycles. The fraction of sp³-hybridized carbons (Fsp3) is 0.550. The zero-order valence-electron chi connectivity index (χ0n) is 15.7. The third kappa shape index (κ3) is 3.13. The van der Waals surface area contributed by atoms with E-state index in [-0.39, 0.29) is 6.17 Å². The van der Waals surface area contributed by atoms with Crippen molar-refractivity contribution in [3.63, 3.8) is 0 Å². The van der Waals surface area contributed by atoms with Crippen molar-refractivity contribution in [3.8, 4) is 0 Å². The Labute approximate surface area is 150 Å². The van der Waals surface area contributed by atoms with Crippen molar-refractivity contribution in [3.05, 3.63) is 40.2 Å². The summed E-state index contributed by atoms with van der Waals surface area (Å²) in [7, 11) is 0. The van der Waals surface area contributed by atoms with Crippen LogP contribution in [0.2, 0.25) is 0 Å². The lowest BCUT2D eigenvalue weighted by atomic mass is 10.0. The topological polar surface area (TPSA) is 56.0 Å². The van der Waals surface area contributed by atoms with Crippen LogP contribution in [0.1, 0.15) is 54.5 Å². The molecule has 3 N–H and O–H groups in total. The monoisotopic (exact) mass is 339 g/mol. The van der Waals surface area contributed by atoms with Gasteiger partial charge in [0.25, 0.3) is 0 Å². The fourth-order valence-corrected chi connectivity index (χ4v) is 3.81. The Kier molecular flexibility index (Phi) is 4.20. The Hall–Kier alpha value is -2.01. The van der Waals surface area contributed by atoms with E-state index in [0.29, 0.717) is 0 Å². The highest BCUT2D eigenvalue weighted by atomic mass is 15.3. The highest BCUT2D eigenvalue weighted by Gasteiger charge is 2.29. The van der Waals surface area contributed by atoms with E-state index >= 15 is 0 Å². The Morgan fingerprint density at radius 3 is 2.48 bits per heavy atom. The molecule has 0 unspecified atom stereocenters. The summed E-state index contributed by atoms with van der Waals surface area (Å²) in [5.74, 6) is 0.760. The Morgan fingerprint density at radius 1 is 1.16 bits per heavy atom. The van der Waals surface area contributed by atoms with Crippen LogP contribution in [0, 0.1) is 19.8 Å². The summed E-state index contributed by atoms with van der Waals surface area (Å²) < 4.78 is 0. The first-order valence-corrected chi connectivity index (χ1v) is 9.44. The van der Waals surface area contributed by atoms with E-state index in [9.17, 15) is 0 Å². The van der Waals surface area contributed by atoms with Crippen molar-refractivity contribution in [1.29, 1.82) is 0 Å². The van der Waals surface area contributed by atoms with Gasteiger partial charge in [-0.05, 0) is 62.4 Å². The van der Waals surface area contributed by atoms with Crippen LogP contribution in [0.15, 0.2) is 12.1 Å². The molecule has 0 atom stereocenters. The number of hydrogen-bond acceptors (Lipinski definition) is 4. The first kappa shape index (κ1) is 16.5. The molecule has 0 saturated carbocycles. The summed E-state index contributed by atoms with van der Waals surface area (Å²) in [5, 5.41) is 15.2. The molecule has 0 fully saturated rings. The van der Waals surface area contributed by atoms with Gasteiger partial charge in [-0.15, -0.1) is 0 Å². The Morgan fingerprint density at radius 2 is 1.84 bits per heavy atom. The molecule has 0 aliphatic carbocycles. The Bertz CT molecular complexity index is 746.